The third-order valence-electron chi connectivity index (χ3n) is 3.11. The third kappa shape index (κ3) is 3.64. The summed E-state index contributed by atoms with van der Waals surface area (Å²) < 4.78 is 5.59. The van der Waals surface area contributed by atoms with Crippen molar-refractivity contribution >= 4 is 11.6 Å². The highest BCUT2D eigenvalue weighted by Gasteiger charge is 2.18. The van der Waals surface area contributed by atoms with Crippen LogP contribution in [0, 0.1) is 0 Å². The first-order valence-electron chi connectivity index (χ1n) is 5.99. The van der Waals surface area contributed by atoms with Crippen LogP contribution in [0.2, 0.25) is 5.02 Å². The minimum atomic E-state index is 0.0662. The highest BCUT2D eigenvalue weighted by Crippen LogP contribution is 2.23. The van der Waals surface area contributed by atoms with Gasteiger partial charge in [-0.25, -0.2) is 0 Å². The average Bonchev–Trinajstić information content (AvgIpc) is 2.85. The minimum absolute atomic E-state index is 0.0662. The Hall–Kier alpha value is -0.680. The van der Waals surface area contributed by atoms with Crippen LogP contribution in [0.1, 0.15) is 37.4 Å². The Bertz CT molecular complexity index is 338. The smallest absolute Gasteiger partial charge is 0.0633 e. The molecule has 4 nitrogen and oxygen atoms in total. The largest absolute Gasteiger partial charge is 0.378 e. The van der Waals surface area contributed by atoms with Gasteiger partial charge in [-0.1, -0.05) is 11.6 Å². The molecule has 0 aliphatic carbocycles. The average molecular weight is 256 g/mol. The summed E-state index contributed by atoms with van der Waals surface area (Å²) in [7, 11) is 0. The number of hydrogen-bond donors (Lipinski definition) is 2. The molecule has 1 aromatic rings. The van der Waals surface area contributed by atoms with E-state index in [1.165, 1.54) is 6.42 Å². The Kier molecular flexibility index (Phi) is 4.74. The van der Waals surface area contributed by atoms with E-state index < -0.39 is 0 Å². The van der Waals surface area contributed by atoms with Gasteiger partial charge in [-0.2, -0.15) is 0 Å². The lowest BCUT2D eigenvalue weighted by Gasteiger charge is -2.17. The van der Waals surface area contributed by atoms with Crippen LogP contribution in [0.3, 0.4) is 0 Å². The molecule has 0 saturated carbocycles. The summed E-state index contributed by atoms with van der Waals surface area (Å²) in [5.74, 6) is 5.56. The van der Waals surface area contributed by atoms with E-state index in [1.807, 2.05) is 12.1 Å². The summed E-state index contributed by atoms with van der Waals surface area (Å²) in [6, 6.07) is 3.80. The molecule has 0 aromatic carbocycles. The molecule has 2 atom stereocenters. The molecular weight excluding hydrogens is 238 g/mol. The zero-order valence-electron chi connectivity index (χ0n) is 9.73. The molecule has 94 valence electrons. The summed E-state index contributed by atoms with van der Waals surface area (Å²) in [6.07, 6.45) is 6.30. The molecule has 1 fully saturated rings. The minimum Gasteiger partial charge on any atom is -0.378 e. The molecule has 0 radical (unpaired) electrons. The zero-order valence-corrected chi connectivity index (χ0v) is 10.5. The fraction of sp³-hybridized carbons (Fsp3) is 0.583. The summed E-state index contributed by atoms with van der Waals surface area (Å²) in [4.78, 5) is 4.28. The second-order valence-corrected chi connectivity index (χ2v) is 4.77. The number of pyridine rings is 1. The van der Waals surface area contributed by atoms with Crippen LogP contribution >= 0.6 is 11.6 Å². The predicted octanol–water partition coefficient (Wildman–Crippen LogP) is 2.20. The van der Waals surface area contributed by atoms with E-state index in [1.54, 1.807) is 6.20 Å². The fourth-order valence-electron chi connectivity index (χ4n) is 2.13. The van der Waals surface area contributed by atoms with Gasteiger partial charge in [0, 0.05) is 12.8 Å². The highest BCUT2D eigenvalue weighted by atomic mass is 35.5. The fourth-order valence-corrected chi connectivity index (χ4v) is 2.25. The van der Waals surface area contributed by atoms with Crippen molar-refractivity contribution < 1.29 is 4.74 Å². The maximum Gasteiger partial charge on any atom is 0.0633 e. The van der Waals surface area contributed by atoms with Crippen molar-refractivity contribution in [3.63, 3.8) is 0 Å². The highest BCUT2D eigenvalue weighted by molar-refractivity contribution is 6.30. The van der Waals surface area contributed by atoms with Crippen LogP contribution in [-0.2, 0) is 4.74 Å². The lowest BCUT2D eigenvalue weighted by molar-refractivity contribution is 0.0995. The van der Waals surface area contributed by atoms with Crippen LogP contribution in [0.15, 0.2) is 18.3 Å². The monoisotopic (exact) mass is 255 g/mol. The summed E-state index contributed by atoms with van der Waals surface area (Å²) in [6.45, 7) is 0.893. The number of nitrogens with zero attached hydrogens (tertiary/aromatic N) is 1. The molecule has 1 aliphatic heterocycles. The number of hydrogen-bond acceptors (Lipinski definition) is 4. The van der Waals surface area contributed by atoms with Crippen molar-refractivity contribution in [2.75, 3.05) is 6.61 Å². The Morgan fingerprint density at radius 1 is 1.59 bits per heavy atom. The molecule has 5 heteroatoms. The van der Waals surface area contributed by atoms with Crippen molar-refractivity contribution in [2.24, 2.45) is 5.84 Å². The van der Waals surface area contributed by atoms with Gasteiger partial charge in [0.05, 0.1) is 22.9 Å². The normalized spacial score (nSPS) is 21.6. The van der Waals surface area contributed by atoms with Gasteiger partial charge >= 0.3 is 0 Å². The molecule has 0 bridgehead atoms. The maximum absolute atomic E-state index is 5.81. The van der Waals surface area contributed by atoms with Gasteiger partial charge in [0.1, 0.15) is 0 Å². The Morgan fingerprint density at radius 2 is 2.47 bits per heavy atom. The van der Waals surface area contributed by atoms with Crippen LogP contribution in [0.4, 0.5) is 0 Å². The van der Waals surface area contributed by atoms with Crippen molar-refractivity contribution in [3.05, 3.63) is 29.0 Å². The van der Waals surface area contributed by atoms with E-state index >= 15 is 0 Å². The number of aromatic nitrogens is 1. The van der Waals surface area contributed by atoms with E-state index in [9.17, 15) is 0 Å². The molecular formula is C12H18ClN3O. The summed E-state index contributed by atoms with van der Waals surface area (Å²) >= 11 is 5.81. The number of hydrazine groups is 1. The number of rotatable bonds is 5. The summed E-state index contributed by atoms with van der Waals surface area (Å²) in [5, 5.41) is 0.642. The van der Waals surface area contributed by atoms with Gasteiger partial charge < -0.3 is 4.74 Å². The van der Waals surface area contributed by atoms with Crippen LogP contribution in [-0.4, -0.2) is 17.7 Å². The van der Waals surface area contributed by atoms with Gasteiger partial charge in [0.2, 0.25) is 0 Å². The van der Waals surface area contributed by atoms with Gasteiger partial charge in [0.15, 0.2) is 0 Å². The van der Waals surface area contributed by atoms with Gasteiger partial charge in [-0.05, 0) is 37.8 Å². The third-order valence-corrected chi connectivity index (χ3v) is 3.33. The van der Waals surface area contributed by atoms with Gasteiger partial charge in [-0.15, -0.1) is 0 Å². The number of nitrogens with two attached hydrogens (primary N) is 1. The van der Waals surface area contributed by atoms with Crippen molar-refractivity contribution in [1.82, 2.24) is 10.4 Å². The first-order chi connectivity index (χ1) is 8.29. The SMILES string of the molecule is NNC(CCC1CCCO1)c1ccc(Cl)cn1. The van der Waals surface area contributed by atoms with E-state index in [0.29, 0.717) is 11.1 Å². The zero-order chi connectivity index (χ0) is 12.1. The van der Waals surface area contributed by atoms with Crippen molar-refractivity contribution in [3.8, 4) is 0 Å². The van der Waals surface area contributed by atoms with E-state index in [2.05, 4.69) is 10.4 Å². The van der Waals surface area contributed by atoms with E-state index in [0.717, 1.165) is 31.6 Å². The first kappa shape index (κ1) is 12.8. The Morgan fingerprint density at radius 3 is 3.06 bits per heavy atom. The van der Waals surface area contributed by atoms with Crippen LogP contribution in [0.25, 0.3) is 0 Å². The quantitative estimate of drug-likeness (QED) is 0.626. The molecule has 0 amide bonds. The molecule has 1 saturated heterocycles. The number of ether oxygens (including phenoxy) is 1. The first-order valence-corrected chi connectivity index (χ1v) is 6.36. The molecule has 0 spiro atoms. The van der Waals surface area contributed by atoms with Gasteiger partial charge in [0.25, 0.3) is 0 Å². The summed E-state index contributed by atoms with van der Waals surface area (Å²) in [5.41, 5.74) is 3.73. The lowest BCUT2D eigenvalue weighted by atomic mass is 10.0. The lowest BCUT2D eigenvalue weighted by Crippen LogP contribution is -2.29. The Labute approximate surface area is 106 Å². The molecule has 17 heavy (non-hydrogen) atoms. The maximum atomic E-state index is 5.81. The predicted molar refractivity (Wildman–Crippen MR) is 67.5 cm³/mol. The molecule has 1 aromatic heterocycles. The second kappa shape index (κ2) is 6.31. The van der Waals surface area contributed by atoms with Crippen LogP contribution in [0.5, 0.6) is 0 Å². The molecule has 2 unspecified atom stereocenters. The number of nitrogens with one attached hydrogen (secondary N) is 1. The molecule has 2 rings (SSSR count). The van der Waals surface area contributed by atoms with Crippen molar-refractivity contribution in [1.29, 1.82) is 0 Å². The molecule has 2 heterocycles. The molecule has 1 aliphatic rings. The van der Waals surface area contributed by atoms with Gasteiger partial charge in [-0.3, -0.25) is 16.3 Å². The van der Waals surface area contributed by atoms with E-state index in [-0.39, 0.29) is 6.04 Å². The molecule has 3 N–H and O–H groups in total. The number of halogens is 1. The topological polar surface area (TPSA) is 60.2 Å². The Balaban J connectivity index is 1.89. The standard InChI is InChI=1S/C12H18ClN3O/c13-9-3-5-11(15-8-9)12(16-14)6-4-10-2-1-7-17-10/h3,5,8,10,12,16H,1-2,4,6-7,14H2. The van der Waals surface area contributed by atoms with Crippen molar-refractivity contribution in [2.45, 2.75) is 37.8 Å². The second-order valence-electron chi connectivity index (χ2n) is 4.33. The van der Waals surface area contributed by atoms with E-state index in [4.69, 9.17) is 22.2 Å². The van der Waals surface area contributed by atoms with Crippen LogP contribution < -0.4 is 11.3 Å².